The molecule has 0 aliphatic heterocycles. The third kappa shape index (κ3) is 4.38. The summed E-state index contributed by atoms with van der Waals surface area (Å²) in [5.41, 5.74) is 6.44. The van der Waals surface area contributed by atoms with Crippen LogP contribution in [0.25, 0.3) is 0 Å². The van der Waals surface area contributed by atoms with Gasteiger partial charge in [-0.15, -0.1) is 11.3 Å². The van der Waals surface area contributed by atoms with Crippen molar-refractivity contribution in [2.24, 2.45) is 0 Å². The molecule has 1 rings (SSSR count). The number of thiophene rings is 1. The number of rotatable bonds is 7. The van der Waals surface area contributed by atoms with Crippen LogP contribution in [0.1, 0.15) is 29.9 Å². The Labute approximate surface area is 125 Å². The fourth-order valence-electron chi connectivity index (χ4n) is 1.75. The molecule has 5 nitrogen and oxygen atoms in total. The maximum atomic E-state index is 11.9. The van der Waals surface area contributed by atoms with Crippen LogP contribution in [-0.4, -0.2) is 56.0 Å². The van der Waals surface area contributed by atoms with Crippen molar-refractivity contribution in [2.75, 3.05) is 45.3 Å². The van der Waals surface area contributed by atoms with Gasteiger partial charge < -0.3 is 20.9 Å². The van der Waals surface area contributed by atoms with Gasteiger partial charge in [-0.25, -0.2) is 0 Å². The van der Waals surface area contributed by atoms with Gasteiger partial charge in [0.1, 0.15) is 4.88 Å². The first-order chi connectivity index (χ1) is 9.36. The van der Waals surface area contributed by atoms with E-state index < -0.39 is 0 Å². The number of anilines is 2. The lowest BCUT2D eigenvalue weighted by Gasteiger charge is -2.23. The predicted molar refractivity (Wildman–Crippen MR) is 87.6 cm³/mol. The van der Waals surface area contributed by atoms with Gasteiger partial charge in [0.2, 0.25) is 0 Å². The maximum Gasteiger partial charge on any atom is 0.265 e. The molecule has 0 aromatic carbocycles. The quantitative estimate of drug-likeness (QED) is 0.810. The van der Waals surface area contributed by atoms with E-state index in [-0.39, 0.29) is 5.91 Å². The van der Waals surface area contributed by atoms with Crippen LogP contribution in [0.2, 0.25) is 0 Å². The van der Waals surface area contributed by atoms with Crippen molar-refractivity contribution in [3.8, 4) is 0 Å². The summed E-state index contributed by atoms with van der Waals surface area (Å²) in [5, 5.41) is 4.28. The molecule has 0 fully saturated rings. The van der Waals surface area contributed by atoms with Crippen molar-refractivity contribution >= 4 is 27.9 Å². The Kier molecular flexibility index (Phi) is 6.29. The Morgan fingerprint density at radius 1 is 1.45 bits per heavy atom. The molecule has 0 spiro atoms. The highest BCUT2D eigenvalue weighted by atomic mass is 32.1. The second kappa shape index (κ2) is 7.50. The Balaban J connectivity index is 2.54. The minimum Gasteiger partial charge on any atom is -0.397 e. The van der Waals surface area contributed by atoms with Crippen LogP contribution < -0.4 is 11.1 Å². The van der Waals surface area contributed by atoms with E-state index in [9.17, 15) is 4.79 Å². The number of nitrogen functional groups attached to an aromatic ring is 1. The number of carbonyl (C=O) groups excluding carboxylic acids is 1. The van der Waals surface area contributed by atoms with Gasteiger partial charge in [0, 0.05) is 33.2 Å². The van der Waals surface area contributed by atoms with Crippen molar-refractivity contribution in [2.45, 2.75) is 26.3 Å². The highest BCUT2D eigenvalue weighted by molar-refractivity contribution is 7.18. The lowest BCUT2D eigenvalue weighted by atomic mass is 10.2. The molecule has 0 bridgehead atoms. The molecule has 1 unspecified atom stereocenters. The normalized spacial score (nSPS) is 12.5. The van der Waals surface area contributed by atoms with E-state index in [2.05, 4.69) is 31.1 Å². The van der Waals surface area contributed by atoms with E-state index in [1.807, 2.05) is 6.07 Å². The molecule has 0 aliphatic rings. The van der Waals surface area contributed by atoms with Crippen LogP contribution in [0.3, 0.4) is 0 Å². The molecule has 6 heteroatoms. The fraction of sp³-hybridized carbons (Fsp3) is 0.643. The molecule has 0 radical (unpaired) electrons. The summed E-state index contributed by atoms with van der Waals surface area (Å²) in [7, 11) is 5.59. The summed E-state index contributed by atoms with van der Waals surface area (Å²) in [4.78, 5) is 16.4. The van der Waals surface area contributed by atoms with E-state index in [1.54, 1.807) is 19.0 Å². The Morgan fingerprint density at radius 3 is 2.65 bits per heavy atom. The highest BCUT2D eigenvalue weighted by Crippen LogP contribution is 2.29. The molecule has 1 atom stereocenters. The van der Waals surface area contributed by atoms with E-state index >= 15 is 0 Å². The van der Waals surface area contributed by atoms with Crippen molar-refractivity contribution in [3.63, 3.8) is 0 Å². The molecular formula is C14H26N4OS. The summed E-state index contributed by atoms with van der Waals surface area (Å²) in [6, 6.07) is 2.42. The molecule has 0 saturated carbocycles. The average Bonchev–Trinajstić information content (AvgIpc) is 2.77. The number of nitrogens with two attached hydrogens (primary N) is 1. The van der Waals surface area contributed by atoms with Gasteiger partial charge in [-0.05, 0) is 26.5 Å². The zero-order chi connectivity index (χ0) is 15.3. The van der Waals surface area contributed by atoms with Gasteiger partial charge in [0.25, 0.3) is 5.91 Å². The summed E-state index contributed by atoms with van der Waals surface area (Å²) >= 11 is 1.42. The standard InChI is InChI=1S/C14H26N4OS/c1-6-10(2)18(5)8-7-16-12-9-11(15)13(20-12)14(19)17(3)4/h9-10,16H,6-8,15H2,1-5H3. The van der Waals surface area contributed by atoms with E-state index in [1.165, 1.54) is 11.3 Å². The second-order valence-electron chi connectivity index (χ2n) is 5.26. The van der Waals surface area contributed by atoms with Gasteiger partial charge in [-0.1, -0.05) is 6.92 Å². The van der Waals surface area contributed by atoms with Crippen LogP contribution in [0.5, 0.6) is 0 Å². The summed E-state index contributed by atoms with van der Waals surface area (Å²) in [6.45, 7) is 6.21. The number of hydrogen-bond donors (Lipinski definition) is 2. The zero-order valence-corrected chi connectivity index (χ0v) is 13.9. The fourth-order valence-corrected chi connectivity index (χ4v) is 2.78. The smallest absolute Gasteiger partial charge is 0.265 e. The lowest BCUT2D eigenvalue weighted by Crippen LogP contribution is -2.32. The molecule has 0 saturated heterocycles. The van der Waals surface area contributed by atoms with Gasteiger partial charge in [0.15, 0.2) is 0 Å². The Morgan fingerprint density at radius 2 is 2.10 bits per heavy atom. The van der Waals surface area contributed by atoms with Gasteiger partial charge in [-0.2, -0.15) is 0 Å². The number of carbonyl (C=O) groups is 1. The van der Waals surface area contributed by atoms with Crippen LogP contribution in [0, 0.1) is 0 Å². The first kappa shape index (κ1) is 16.8. The number of nitrogens with zero attached hydrogens (tertiary/aromatic N) is 2. The highest BCUT2D eigenvalue weighted by Gasteiger charge is 2.16. The minimum absolute atomic E-state index is 0.0442. The molecular weight excluding hydrogens is 272 g/mol. The SMILES string of the molecule is CCC(C)N(C)CCNc1cc(N)c(C(=O)N(C)C)s1. The number of likely N-dealkylation sites (N-methyl/N-ethyl adjacent to an activating group) is 1. The van der Waals surface area contributed by atoms with Gasteiger partial charge >= 0.3 is 0 Å². The van der Waals surface area contributed by atoms with Crippen molar-refractivity contribution < 1.29 is 4.79 Å². The first-order valence-corrected chi connectivity index (χ1v) is 7.73. The van der Waals surface area contributed by atoms with E-state index in [0.29, 0.717) is 16.6 Å². The summed E-state index contributed by atoms with van der Waals surface area (Å²) < 4.78 is 0. The topological polar surface area (TPSA) is 61.6 Å². The monoisotopic (exact) mass is 298 g/mol. The van der Waals surface area contributed by atoms with Crippen LogP contribution in [0.4, 0.5) is 10.7 Å². The van der Waals surface area contributed by atoms with E-state index in [4.69, 9.17) is 5.73 Å². The predicted octanol–water partition coefficient (Wildman–Crippen LogP) is 2.17. The Hall–Kier alpha value is -1.27. The van der Waals surface area contributed by atoms with Crippen LogP contribution in [-0.2, 0) is 0 Å². The minimum atomic E-state index is -0.0442. The molecule has 3 N–H and O–H groups in total. The molecule has 1 aromatic heterocycles. The third-order valence-electron chi connectivity index (χ3n) is 3.47. The van der Waals surface area contributed by atoms with Gasteiger partial charge in [0.05, 0.1) is 10.7 Å². The molecule has 0 aliphatic carbocycles. The maximum absolute atomic E-state index is 11.9. The lowest BCUT2D eigenvalue weighted by molar-refractivity contribution is 0.0833. The summed E-state index contributed by atoms with van der Waals surface area (Å²) in [5.74, 6) is -0.0442. The Bertz CT molecular complexity index is 444. The van der Waals surface area contributed by atoms with Crippen LogP contribution >= 0.6 is 11.3 Å². The summed E-state index contributed by atoms with van der Waals surface area (Å²) in [6.07, 6.45) is 1.14. The first-order valence-electron chi connectivity index (χ1n) is 6.91. The molecule has 1 heterocycles. The molecule has 20 heavy (non-hydrogen) atoms. The van der Waals surface area contributed by atoms with Crippen molar-refractivity contribution in [3.05, 3.63) is 10.9 Å². The van der Waals surface area contributed by atoms with Crippen molar-refractivity contribution in [1.82, 2.24) is 9.80 Å². The number of amides is 1. The molecule has 114 valence electrons. The third-order valence-corrected chi connectivity index (χ3v) is 4.56. The molecule has 1 amide bonds. The van der Waals surface area contributed by atoms with Crippen molar-refractivity contribution in [1.29, 1.82) is 0 Å². The number of hydrogen-bond acceptors (Lipinski definition) is 5. The van der Waals surface area contributed by atoms with Crippen LogP contribution in [0.15, 0.2) is 6.07 Å². The van der Waals surface area contributed by atoms with E-state index in [0.717, 1.165) is 24.5 Å². The number of nitrogens with one attached hydrogen (secondary N) is 1. The zero-order valence-electron chi connectivity index (χ0n) is 13.1. The second-order valence-corrected chi connectivity index (χ2v) is 6.31. The largest absolute Gasteiger partial charge is 0.397 e. The van der Waals surface area contributed by atoms with Gasteiger partial charge in [-0.3, -0.25) is 4.79 Å². The molecule has 1 aromatic rings. The average molecular weight is 298 g/mol.